The van der Waals surface area contributed by atoms with Gasteiger partial charge in [0.2, 0.25) is 11.8 Å². The molecular weight excluding hydrogens is 294 g/mol. The summed E-state index contributed by atoms with van der Waals surface area (Å²) in [5.74, 6) is 1.84. The van der Waals surface area contributed by atoms with Crippen LogP contribution in [-0.2, 0) is 4.79 Å². The predicted molar refractivity (Wildman–Crippen MR) is 84.4 cm³/mol. The molecule has 2 atom stereocenters. The molecule has 2 aromatic rings. The van der Waals surface area contributed by atoms with E-state index < -0.39 is 0 Å². The smallest absolute Gasteiger partial charge is 0.232 e. The van der Waals surface area contributed by atoms with Gasteiger partial charge in [0.1, 0.15) is 12.1 Å². The van der Waals surface area contributed by atoms with Crippen LogP contribution in [0.1, 0.15) is 0 Å². The van der Waals surface area contributed by atoms with Gasteiger partial charge in [0.25, 0.3) is 0 Å². The molecule has 23 heavy (non-hydrogen) atoms. The van der Waals surface area contributed by atoms with E-state index in [0.717, 1.165) is 24.6 Å². The van der Waals surface area contributed by atoms with Gasteiger partial charge in [-0.2, -0.15) is 0 Å². The lowest BCUT2D eigenvalue weighted by Gasteiger charge is -2.22. The Kier molecular flexibility index (Phi) is 3.33. The Balaban J connectivity index is 1.51. The lowest BCUT2D eigenvalue weighted by molar-refractivity contribution is -0.120. The van der Waals surface area contributed by atoms with Crippen molar-refractivity contribution in [2.45, 2.75) is 0 Å². The van der Waals surface area contributed by atoms with Gasteiger partial charge >= 0.3 is 0 Å². The number of ether oxygens (including phenoxy) is 1. The standard InChI is InChI=1S/C16H17N5O2/c1-23-15-5-14(18-10-19-15)20-7-11-8-21(16(22)13(11)9-20)12-3-2-4-17-6-12/h2-6,10-11,13H,7-9H2,1H3/t11-,13-/m1/s1. The number of carbonyl (C=O) groups excluding carboxylic acids is 1. The number of rotatable bonds is 3. The molecule has 2 aliphatic rings. The van der Waals surface area contributed by atoms with E-state index in [2.05, 4.69) is 19.9 Å². The van der Waals surface area contributed by atoms with E-state index in [4.69, 9.17) is 4.74 Å². The van der Waals surface area contributed by atoms with Gasteiger partial charge in [-0.3, -0.25) is 9.78 Å². The van der Waals surface area contributed by atoms with E-state index in [1.54, 1.807) is 19.5 Å². The molecule has 4 heterocycles. The van der Waals surface area contributed by atoms with Gasteiger partial charge in [-0.15, -0.1) is 0 Å². The van der Waals surface area contributed by atoms with E-state index in [9.17, 15) is 4.79 Å². The largest absolute Gasteiger partial charge is 0.481 e. The minimum absolute atomic E-state index is 0.0103. The number of hydrogen-bond donors (Lipinski definition) is 0. The second kappa shape index (κ2) is 5.49. The highest BCUT2D eigenvalue weighted by molar-refractivity contribution is 5.98. The fourth-order valence-corrected chi connectivity index (χ4v) is 3.41. The van der Waals surface area contributed by atoms with Crippen LogP contribution in [0.4, 0.5) is 11.5 Å². The molecule has 0 N–H and O–H groups in total. The van der Waals surface area contributed by atoms with Crippen LogP contribution in [0.15, 0.2) is 36.9 Å². The second-order valence-electron chi connectivity index (χ2n) is 5.85. The van der Waals surface area contributed by atoms with Crippen molar-refractivity contribution in [1.29, 1.82) is 0 Å². The maximum absolute atomic E-state index is 12.7. The summed E-state index contributed by atoms with van der Waals surface area (Å²) in [5.41, 5.74) is 0.877. The average Bonchev–Trinajstić information content (AvgIpc) is 3.15. The van der Waals surface area contributed by atoms with Crippen LogP contribution < -0.4 is 14.5 Å². The first-order valence-electron chi connectivity index (χ1n) is 7.58. The van der Waals surface area contributed by atoms with Crippen molar-refractivity contribution in [3.63, 3.8) is 0 Å². The van der Waals surface area contributed by atoms with Gasteiger partial charge in [0.15, 0.2) is 0 Å². The van der Waals surface area contributed by atoms with Gasteiger partial charge in [-0.1, -0.05) is 0 Å². The molecule has 1 amide bonds. The summed E-state index contributed by atoms with van der Waals surface area (Å²) in [7, 11) is 1.58. The van der Waals surface area contributed by atoms with E-state index in [1.807, 2.05) is 23.1 Å². The molecule has 2 fully saturated rings. The molecule has 0 bridgehead atoms. The molecule has 0 aliphatic carbocycles. The third-order valence-electron chi connectivity index (χ3n) is 4.56. The zero-order valence-corrected chi connectivity index (χ0v) is 12.8. The van der Waals surface area contributed by atoms with Crippen molar-refractivity contribution in [2.75, 3.05) is 36.5 Å². The van der Waals surface area contributed by atoms with Crippen molar-refractivity contribution < 1.29 is 9.53 Å². The summed E-state index contributed by atoms with van der Waals surface area (Å²) >= 11 is 0. The number of hydrogen-bond acceptors (Lipinski definition) is 6. The highest BCUT2D eigenvalue weighted by Gasteiger charge is 2.47. The second-order valence-corrected chi connectivity index (χ2v) is 5.85. The van der Waals surface area contributed by atoms with Gasteiger partial charge in [-0.05, 0) is 12.1 Å². The summed E-state index contributed by atoms with van der Waals surface area (Å²) in [5, 5.41) is 0. The number of aromatic nitrogens is 3. The Hall–Kier alpha value is -2.70. The van der Waals surface area contributed by atoms with Crippen LogP contribution in [0, 0.1) is 11.8 Å². The van der Waals surface area contributed by atoms with Gasteiger partial charge < -0.3 is 14.5 Å². The monoisotopic (exact) mass is 311 g/mol. The van der Waals surface area contributed by atoms with Crippen molar-refractivity contribution in [2.24, 2.45) is 11.8 Å². The van der Waals surface area contributed by atoms with E-state index in [0.29, 0.717) is 18.3 Å². The number of carbonyl (C=O) groups is 1. The molecule has 2 saturated heterocycles. The van der Waals surface area contributed by atoms with Crippen molar-refractivity contribution in [3.05, 3.63) is 36.9 Å². The van der Waals surface area contributed by atoms with Crippen LogP contribution in [0.3, 0.4) is 0 Å². The number of nitrogens with zero attached hydrogens (tertiary/aromatic N) is 5. The molecule has 2 aliphatic heterocycles. The summed E-state index contributed by atoms with van der Waals surface area (Å²) in [6, 6.07) is 5.60. The quantitative estimate of drug-likeness (QED) is 0.841. The fraction of sp³-hybridized carbons (Fsp3) is 0.375. The highest BCUT2D eigenvalue weighted by atomic mass is 16.5. The van der Waals surface area contributed by atoms with Crippen LogP contribution in [0.2, 0.25) is 0 Å². The molecule has 7 nitrogen and oxygen atoms in total. The molecule has 4 rings (SSSR count). The van der Waals surface area contributed by atoms with Crippen LogP contribution in [0.5, 0.6) is 5.88 Å². The minimum atomic E-state index is 0.0103. The zero-order valence-electron chi connectivity index (χ0n) is 12.8. The highest BCUT2D eigenvalue weighted by Crippen LogP contribution is 2.36. The SMILES string of the molecule is COc1cc(N2C[C@@H]3CN(c4cccnc4)C(=O)[C@@H]3C2)ncn1. The third kappa shape index (κ3) is 2.38. The zero-order chi connectivity index (χ0) is 15.8. The van der Waals surface area contributed by atoms with Crippen LogP contribution in [-0.4, -0.2) is 47.6 Å². The Morgan fingerprint density at radius 3 is 2.91 bits per heavy atom. The number of methoxy groups -OCH3 is 1. The number of pyridine rings is 1. The average molecular weight is 311 g/mol. The summed E-state index contributed by atoms with van der Waals surface area (Å²) in [6.45, 7) is 2.22. The maximum atomic E-state index is 12.7. The van der Waals surface area contributed by atoms with Gasteiger partial charge in [0.05, 0.1) is 24.9 Å². The third-order valence-corrected chi connectivity index (χ3v) is 4.56. The molecule has 0 unspecified atom stereocenters. The summed E-state index contributed by atoms with van der Waals surface area (Å²) in [6.07, 6.45) is 4.95. The van der Waals surface area contributed by atoms with Crippen LogP contribution >= 0.6 is 0 Å². The molecule has 0 radical (unpaired) electrons. The van der Waals surface area contributed by atoms with E-state index in [1.165, 1.54) is 6.33 Å². The van der Waals surface area contributed by atoms with Crippen LogP contribution in [0.25, 0.3) is 0 Å². The number of anilines is 2. The topological polar surface area (TPSA) is 71.5 Å². The van der Waals surface area contributed by atoms with Crippen molar-refractivity contribution in [1.82, 2.24) is 15.0 Å². The predicted octanol–water partition coefficient (Wildman–Crippen LogP) is 0.979. The van der Waals surface area contributed by atoms with Gasteiger partial charge in [0, 0.05) is 37.8 Å². The van der Waals surface area contributed by atoms with Crippen molar-refractivity contribution in [3.8, 4) is 5.88 Å². The number of fused-ring (bicyclic) bond motifs is 1. The molecular formula is C16H17N5O2. The molecule has 7 heteroatoms. The first-order valence-corrected chi connectivity index (χ1v) is 7.58. The van der Waals surface area contributed by atoms with Gasteiger partial charge in [-0.25, -0.2) is 9.97 Å². The Morgan fingerprint density at radius 2 is 2.17 bits per heavy atom. The van der Waals surface area contributed by atoms with Crippen molar-refractivity contribution >= 4 is 17.4 Å². The summed E-state index contributed by atoms with van der Waals surface area (Å²) in [4.78, 5) is 29.1. The maximum Gasteiger partial charge on any atom is 0.232 e. The van der Waals surface area contributed by atoms with E-state index in [-0.39, 0.29) is 11.8 Å². The fourth-order valence-electron chi connectivity index (χ4n) is 3.41. The molecule has 2 aromatic heterocycles. The summed E-state index contributed by atoms with van der Waals surface area (Å²) < 4.78 is 5.14. The van der Waals surface area contributed by atoms with E-state index >= 15 is 0 Å². The first kappa shape index (κ1) is 13.9. The first-order chi connectivity index (χ1) is 11.3. The minimum Gasteiger partial charge on any atom is -0.481 e. The molecule has 118 valence electrons. The Bertz CT molecular complexity index is 723. The molecule has 0 saturated carbocycles. The Morgan fingerprint density at radius 1 is 1.26 bits per heavy atom. The normalized spacial score (nSPS) is 23.3. The Labute approximate surface area is 133 Å². The lowest BCUT2D eigenvalue weighted by Crippen LogP contribution is -2.33. The lowest BCUT2D eigenvalue weighted by atomic mass is 10.0. The molecule has 0 aromatic carbocycles. The number of amides is 1. The molecule has 0 spiro atoms.